The first-order valence-electron chi connectivity index (χ1n) is 3.85. The third kappa shape index (κ3) is 2.06. The van der Waals surface area contributed by atoms with Crippen LogP contribution in [0.4, 0.5) is 13.2 Å². The molecule has 0 spiro atoms. The molecule has 0 fully saturated rings. The number of rotatable bonds is 1. The maximum Gasteiger partial charge on any atom is 0.573 e. The third-order valence-corrected chi connectivity index (χ3v) is 2.34. The molecule has 0 atom stereocenters. The first-order valence-corrected chi connectivity index (χ1v) is 4.64. The second-order valence-electron chi connectivity index (χ2n) is 2.72. The Kier molecular flexibility index (Phi) is 2.34. The lowest BCUT2D eigenvalue weighted by Gasteiger charge is -2.10. The zero-order valence-electron chi connectivity index (χ0n) is 7.10. The van der Waals surface area contributed by atoms with Gasteiger partial charge < -0.3 is 9.72 Å². The Hall–Kier alpha value is -1.24. The maximum absolute atomic E-state index is 12.1. The van der Waals surface area contributed by atoms with Crippen molar-refractivity contribution in [3.63, 3.8) is 0 Å². The Morgan fingerprint density at radius 1 is 1.33 bits per heavy atom. The van der Waals surface area contributed by atoms with Crippen molar-refractivity contribution in [3.8, 4) is 5.75 Å². The minimum absolute atomic E-state index is 0.140. The van der Waals surface area contributed by atoms with Gasteiger partial charge in [-0.25, -0.2) is 4.98 Å². The van der Waals surface area contributed by atoms with E-state index >= 15 is 0 Å². The predicted octanol–water partition coefficient (Wildman–Crippen LogP) is 3.22. The average Bonchev–Trinajstić information content (AvgIpc) is 2.56. The van der Waals surface area contributed by atoms with Crippen molar-refractivity contribution in [2.75, 3.05) is 0 Å². The van der Waals surface area contributed by atoms with Gasteiger partial charge in [0.25, 0.3) is 0 Å². The highest BCUT2D eigenvalue weighted by Gasteiger charge is 2.33. The topological polar surface area (TPSA) is 37.9 Å². The van der Waals surface area contributed by atoms with Crippen molar-refractivity contribution >= 4 is 27.0 Å². The summed E-state index contributed by atoms with van der Waals surface area (Å²) in [5.74, 6) is -0.332. The van der Waals surface area contributed by atoms with Crippen molar-refractivity contribution in [1.29, 1.82) is 0 Å². The van der Waals surface area contributed by atoms with Crippen LogP contribution < -0.4 is 4.74 Å². The summed E-state index contributed by atoms with van der Waals surface area (Å²) in [5.41, 5.74) is 0.624. The van der Waals surface area contributed by atoms with E-state index < -0.39 is 6.36 Å². The summed E-state index contributed by atoms with van der Waals surface area (Å²) >= 11 is 2.98. The molecule has 1 aromatic heterocycles. The van der Waals surface area contributed by atoms with Gasteiger partial charge in [-0.05, 0) is 28.1 Å². The Labute approximate surface area is 90.4 Å². The van der Waals surface area contributed by atoms with Crippen LogP contribution in [0.25, 0.3) is 11.0 Å². The highest BCUT2D eigenvalue weighted by molar-refractivity contribution is 9.10. The van der Waals surface area contributed by atoms with Gasteiger partial charge in [0.15, 0.2) is 5.75 Å². The molecule has 0 aliphatic rings. The van der Waals surface area contributed by atoms with Gasteiger partial charge in [0.1, 0.15) is 5.52 Å². The zero-order chi connectivity index (χ0) is 11.1. The van der Waals surface area contributed by atoms with Crippen LogP contribution in [0.5, 0.6) is 5.75 Å². The summed E-state index contributed by atoms with van der Waals surface area (Å²) < 4.78 is 40.3. The lowest BCUT2D eigenvalue weighted by atomic mass is 10.3. The number of imidazole rings is 1. The van der Waals surface area contributed by atoms with Crippen molar-refractivity contribution in [2.45, 2.75) is 6.36 Å². The number of alkyl halides is 3. The molecule has 0 aliphatic carbocycles. The van der Waals surface area contributed by atoms with Crippen molar-refractivity contribution in [2.24, 2.45) is 0 Å². The maximum atomic E-state index is 12.1. The zero-order valence-corrected chi connectivity index (χ0v) is 8.69. The Bertz CT molecular complexity index is 494. The summed E-state index contributed by atoms with van der Waals surface area (Å²) in [5, 5.41) is 0. The van der Waals surface area contributed by atoms with Crippen LogP contribution in [0.3, 0.4) is 0 Å². The van der Waals surface area contributed by atoms with Crippen LogP contribution >= 0.6 is 15.9 Å². The molecular formula is C8H4BrF3N2O. The summed E-state index contributed by atoms with van der Waals surface area (Å²) in [7, 11) is 0. The van der Waals surface area contributed by atoms with Gasteiger partial charge in [0.05, 0.1) is 16.3 Å². The van der Waals surface area contributed by atoms with E-state index in [1.165, 1.54) is 12.4 Å². The van der Waals surface area contributed by atoms with E-state index in [0.29, 0.717) is 5.52 Å². The molecule has 0 aliphatic heterocycles. The fourth-order valence-electron chi connectivity index (χ4n) is 1.17. The van der Waals surface area contributed by atoms with E-state index in [-0.39, 0.29) is 15.7 Å². The number of ether oxygens (including phenoxy) is 1. The van der Waals surface area contributed by atoms with Crippen LogP contribution in [-0.2, 0) is 0 Å². The number of aromatic nitrogens is 2. The normalized spacial score (nSPS) is 12.0. The van der Waals surface area contributed by atoms with Gasteiger partial charge in [-0.15, -0.1) is 13.2 Å². The largest absolute Gasteiger partial charge is 0.573 e. The lowest BCUT2D eigenvalue weighted by Crippen LogP contribution is -2.17. The van der Waals surface area contributed by atoms with Crippen LogP contribution in [0.1, 0.15) is 0 Å². The monoisotopic (exact) mass is 280 g/mol. The molecule has 0 radical (unpaired) electrons. The fraction of sp³-hybridized carbons (Fsp3) is 0.125. The van der Waals surface area contributed by atoms with Crippen LogP contribution in [-0.4, -0.2) is 16.3 Å². The van der Waals surface area contributed by atoms with Crippen LogP contribution in [0.2, 0.25) is 0 Å². The molecule has 1 N–H and O–H groups in total. The van der Waals surface area contributed by atoms with Crippen LogP contribution in [0, 0.1) is 0 Å². The van der Waals surface area contributed by atoms with Crippen molar-refractivity contribution in [3.05, 3.63) is 22.9 Å². The highest BCUT2D eigenvalue weighted by atomic mass is 79.9. The number of nitrogens with one attached hydrogen (secondary N) is 1. The Morgan fingerprint density at radius 3 is 2.73 bits per heavy atom. The molecule has 2 aromatic rings. The number of nitrogens with zero attached hydrogens (tertiary/aromatic N) is 1. The molecule has 0 amide bonds. The molecule has 3 nitrogen and oxygen atoms in total. The molecule has 1 heterocycles. The predicted molar refractivity (Wildman–Crippen MR) is 50.5 cm³/mol. The molecule has 15 heavy (non-hydrogen) atoms. The lowest BCUT2D eigenvalue weighted by molar-refractivity contribution is -0.274. The first-order chi connectivity index (χ1) is 6.97. The number of benzene rings is 1. The summed E-state index contributed by atoms with van der Waals surface area (Å²) in [6.07, 6.45) is -3.42. The minimum atomic E-state index is -4.73. The molecule has 0 unspecified atom stereocenters. The molecule has 0 saturated carbocycles. The Morgan fingerprint density at radius 2 is 2.07 bits per heavy atom. The number of aromatic amines is 1. The first kappa shape index (κ1) is 10.3. The van der Waals surface area contributed by atoms with Crippen molar-refractivity contribution in [1.82, 2.24) is 9.97 Å². The molecule has 80 valence electrons. The number of hydrogen-bond donors (Lipinski definition) is 1. The van der Waals surface area contributed by atoms with E-state index in [1.807, 2.05) is 0 Å². The number of hydrogen-bond acceptors (Lipinski definition) is 2. The molecule has 1 aromatic carbocycles. The summed E-state index contributed by atoms with van der Waals surface area (Å²) in [6, 6.07) is 3.07. The number of halogens is 4. The quantitative estimate of drug-likeness (QED) is 0.871. The van der Waals surface area contributed by atoms with Crippen molar-refractivity contribution < 1.29 is 17.9 Å². The highest BCUT2D eigenvalue weighted by Crippen LogP contribution is 2.35. The van der Waals surface area contributed by atoms with Gasteiger partial charge in [0, 0.05) is 0 Å². The fourth-order valence-corrected chi connectivity index (χ4v) is 1.57. The summed E-state index contributed by atoms with van der Waals surface area (Å²) in [4.78, 5) is 6.45. The van der Waals surface area contributed by atoms with E-state index in [0.717, 1.165) is 0 Å². The molecule has 2 rings (SSSR count). The Balaban J connectivity index is 2.56. The molecule has 0 saturated heterocycles. The van der Waals surface area contributed by atoms with E-state index in [1.54, 1.807) is 6.07 Å². The standard InChI is InChI=1S/C8H4BrF3N2O/c9-4-1-2-5-6(14-3-13-5)7(4)15-8(10,11)12/h1-3H,(H,13,14). The van der Waals surface area contributed by atoms with Gasteiger partial charge in [-0.2, -0.15) is 0 Å². The van der Waals surface area contributed by atoms with Gasteiger partial charge in [-0.3, -0.25) is 0 Å². The molecular weight excluding hydrogens is 277 g/mol. The third-order valence-electron chi connectivity index (χ3n) is 1.71. The second kappa shape index (κ2) is 3.41. The van der Waals surface area contributed by atoms with E-state index in [2.05, 4.69) is 30.6 Å². The summed E-state index contributed by atoms with van der Waals surface area (Å²) in [6.45, 7) is 0. The average molecular weight is 281 g/mol. The van der Waals surface area contributed by atoms with Gasteiger partial charge >= 0.3 is 6.36 Å². The van der Waals surface area contributed by atoms with Gasteiger partial charge in [-0.1, -0.05) is 0 Å². The molecule has 0 bridgehead atoms. The number of H-pyrrole nitrogens is 1. The van der Waals surface area contributed by atoms with Crippen LogP contribution in [0.15, 0.2) is 22.9 Å². The second-order valence-corrected chi connectivity index (χ2v) is 3.58. The van der Waals surface area contributed by atoms with E-state index in [4.69, 9.17) is 0 Å². The van der Waals surface area contributed by atoms with Gasteiger partial charge in [0.2, 0.25) is 0 Å². The SMILES string of the molecule is FC(F)(F)Oc1c(Br)ccc2[nH]cnc12. The molecule has 7 heteroatoms. The number of fused-ring (bicyclic) bond motifs is 1. The van der Waals surface area contributed by atoms with E-state index in [9.17, 15) is 13.2 Å². The minimum Gasteiger partial charge on any atom is -0.402 e. The smallest absolute Gasteiger partial charge is 0.402 e.